The Morgan fingerprint density at radius 3 is 2.67 bits per heavy atom. The zero-order valence-electron chi connectivity index (χ0n) is 6.84. The maximum absolute atomic E-state index is 5.60. The molecule has 64 valence electrons. The first-order chi connectivity index (χ1) is 5.68. The Kier molecular flexibility index (Phi) is 1.68. The first kappa shape index (κ1) is 7.80. The van der Waals surface area contributed by atoms with E-state index < -0.39 is 0 Å². The molecule has 1 saturated carbocycles. The van der Waals surface area contributed by atoms with E-state index in [1.54, 1.807) is 12.4 Å². The molecule has 0 spiro atoms. The molecule has 1 N–H and O–H groups in total. The SMILES string of the molecule is CC1(Nc2cnc(Cl)cn2)CC1. The molecule has 12 heavy (non-hydrogen) atoms. The Morgan fingerprint density at radius 1 is 1.42 bits per heavy atom. The summed E-state index contributed by atoms with van der Waals surface area (Å²) < 4.78 is 0. The first-order valence-corrected chi connectivity index (χ1v) is 4.32. The first-order valence-electron chi connectivity index (χ1n) is 3.94. The van der Waals surface area contributed by atoms with E-state index in [0.717, 1.165) is 5.82 Å². The molecule has 1 fully saturated rings. The molecule has 3 nitrogen and oxygen atoms in total. The molecule has 1 aromatic heterocycles. The number of hydrogen-bond acceptors (Lipinski definition) is 3. The van der Waals surface area contributed by atoms with Crippen molar-refractivity contribution < 1.29 is 0 Å². The van der Waals surface area contributed by atoms with Gasteiger partial charge in [0, 0.05) is 5.54 Å². The van der Waals surface area contributed by atoms with Crippen LogP contribution in [-0.4, -0.2) is 15.5 Å². The summed E-state index contributed by atoms with van der Waals surface area (Å²) in [6, 6.07) is 0. The summed E-state index contributed by atoms with van der Waals surface area (Å²) >= 11 is 5.60. The quantitative estimate of drug-likeness (QED) is 0.763. The van der Waals surface area contributed by atoms with Crippen molar-refractivity contribution in [3.63, 3.8) is 0 Å². The molecule has 0 unspecified atom stereocenters. The maximum Gasteiger partial charge on any atom is 0.147 e. The van der Waals surface area contributed by atoms with Gasteiger partial charge in [-0.15, -0.1) is 0 Å². The second-order valence-electron chi connectivity index (χ2n) is 3.41. The van der Waals surface area contributed by atoms with Gasteiger partial charge in [0.15, 0.2) is 0 Å². The lowest BCUT2D eigenvalue weighted by Crippen LogP contribution is -2.16. The minimum atomic E-state index is 0.252. The highest BCUT2D eigenvalue weighted by atomic mass is 35.5. The molecule has 0 aromatic carbocycles. The molecule has 1 heterocycles. The standard InChI is InChI=1S/C8H10ClN3/c1-8(2-3-8)12-7-5-10-6(9)4-11-7/h4-5H,2-3H2,1H3,(H,11,12). The highest BCUT2D eigenvalue weighted by molar-refractivity contribution is 6.29. The van der Waals surface area contributed by atoms with Gasteiger partial charge in [0.1, 0.15) is 11.0 Å². The van der Waals surface area contributed by atoms with Crippen molar-refractivity contribution in [1.82, 2.24) is 9.97 Å². The van der Waals surface area contributed by atoms with E-state index in [1.807, 2.05) is 0 Å². The van der Waals surface area contributed by atoms with Gasteiger partial charge in [-0.2, -0.15) is 0 Å². The molecular formula is C8H10ClN3. The van der Waals surface area contributed by atoms with Gasteiger partial charge in [-0.3, -0.25) is 0 Å². The Hall–Kier alpha value is -0.830. The smallest absolute Gasteiger partial charge is 0.147 e. The van der Waals surface area contributed by atoms with E-state index in [9.17, 15) is 0 Å². The molecule has 1 aromatic rings. The molecule has 0 bridgehead atoms. The van der Waals surface area contributed by atoms with Crippen molar-refractivity contribution in [3.8, 4) is 0 Å². The fraction of sp³-hybridized carbons (Fsp3) is 0.500. The third kappa shape index (κ3) is 1.67. The summed E-state index contributed by atoms with van der Waals surface area (Å²) in [7, 11) is 0. The molecule has 0 radical (unpaired) electrons. The van der Waals surface area contributed by atoms with E-state index >= 15 is 0 Å². The van der Waals surface area contributed by atoms with Crippen LogP contribution in [0.4, 0.5) is 5.82 Å². The summed E-state index contributed by atoms with van der Waals surface area (Å²) in [5.41, 5.74) is 0.252. The van der Waals surface area contributed by atoms with Gasteiger partial charge in [-0.05, 0) is 19.8 Å². The summed E-state index contributed by atoms with van der Waals surface area (Å²) in [4.78, 5) is 8.03. The van der Waals surface area contributed by atoms with Crippen LogP contribution in [-0.2, 0) is 0 Å². The lowest BCUT2D eigenvalue weighted by atomic mass is 10.3. The van der Waals surface area contributed by atoms with Crippen LogP contribution in [0.15, 0.2) is 12.4 Å². The zero-order valence-corrected chi connectivity index (χ0v) is 7.60. The Labute approximate surface area is 76.2 Å². The van der Waals surface area contributed by atoms with Gasteiger partial charge in [-0.1, -0.05) is 11.6 Å². The molecule has 4 heteroatoms. The largest absolute Gasteiger partial charge is 0.364 e. The minimum absolute atomic E-state index is 0.252. The van der Waals surface area contributed by atoms with Crippen molar-refractivity contribution in [1.29, 1.82) is 0 Å². The third-order valence-electron chi connectivity index (χ3n) is 2.05. The number of hydrogen-bond donors (Lipinski definition) is 1. The van der Waals surface area contributed by atoms with Crippen molar-refractivity contribution in [2.75, 3.05) is 5.32 Å². The van der Waals surface area contributed by atoms with Crippen molar-refractivity contribution in [2.24, 2.45) is 0 Å². The lowest BCUT2D eigenvalue weighted by Gasteiger charge is -2.10. The average molecular weight is 184 g/mol. The van der Waals surface area contributed by atoms with E-state index in [0.29, 0.717) is 5.15 Å². The number of rotatable bonds is 2. The molecule has 0 saturated heterocycles. The van der Waals surface area contributed by atoms with E-state index in [1.165, 1.54) is 12.8 Å². The zero-order chi connectivity index (χ0) is 8.60. The second kappa shape index (κ2) is 2.59. The van der Waals surface area contributed by atoms with Gasteiger partial charge in [-0.25, -0.2) is 9.97 Å². The Balaban J connectivity index is 2.08. The van der Waals surface area contributed by atoms with Gasteiger partial charge in [0.05, 0.1) is 12.4 Å². The molecule has 1 aliphatic rings. The van der Waals surface area contributed by atoms with Gasteiger partial charge in [0.2, 0.25) is 0 Å². The minimum Gasteiger partial charge on any atom is -0.364 e. The van der Waals surface area contributed by atoms with Crippen LogP contribution in [0.5, 0.6) is 0 Å². The van der Waals surface area contributed by atoms with E-state index in [-0.39, 0.29) is 5.54 Å². The van der Waals surface area contributed by atoms with Crippen molar-refractivity contribution >= 4 is 17.4 Å². The van der Waals surface area contributed by atoms with Crippen LogP contribution in [0.25, 0.3) is 0 Å². The third-order valence-corrected chi connectivity index (χ3v) is 2.25. The predicted molar refractivity (Wildman–Crippen MR) is 48.3 cm³/mol. The van der Waals surface area contributed by atoms with Crippen LogP contribution >= 0.6 is 11.6 Å². The average Bonchev–Trinajstić information content (AvgIpc) is 2.74. The van der Waals surface area contributed by atoms with Crippen LogP contribution in [0.3, 0.4) is 0 Å². The van der Waals surface area contributed by atoms with Crippen molar-refractivity contribution in [3.05, 3.63) is 17.5 Å². The number of halogens is 1. The number of nitrogens with one attached hydrogen (secondary N) is 1. The number of anilines is 1. The highest BCUT2D eigenvalue weighted by Gasteiger charge is 2.37. The molecular weight excluding hydrogens is 174 g/mol. The maximum atomic E-state index is 5.60. The fourth-order valence-corrected chi connectivity index (χ4v) is 1.10. The second-order valence-corrected chi connectivity index (χ2v) is 3.80. The highest BCUT2D eigenvalue weighted by Crippen LogP contribution is 2.37. The van der Waals surface area contributed by atoms with Crippen molar-refractivity contribution in [2.45, 2.75) is 25.3 Å². The van der Waals surface area contributed by atoms with Crippen LogP contribution in [0.1, 0.15) is 19.8 Å². The summed E-state index contributed by atoms with van der Waals surface area (Å²) in [6.07, 6.45) is 5.62. The molecule has 0 amide bonds. The van der Waals surface area contributed by atoms with Gasteiger partial charge < -0.3 is 5.32 Å². The molecule has 2 rings (SSSR count). The monoisotopic (exact) mass is 183 g/mol. The Morgan fingerprint density at radius 2 is 2.17 bits per heavy atom. The van der Waals surface area contributed by atoms with E-state index in [2.05, 4.69) is 22.2 Å². The number of nitrogens with zero attached hydrogens (tertiary/aromatic N) is 2. The fourth-order valence-electron chi connectivity index (χ4n) is 0.999. The van der Waals surface area contributed by atoms with Gasteiger partial charge in [0.25, 0.3) is 0 Å². The normalized spacial score (nSPS) is 18.8. The molecule has 0 atom stereocenters. The van der Waals surface area contributed by atoms with Crippen LogP contribution in [0, 0.1) is 0 Å². The molecule has 1 aliphatic carbocycles. The van der Waals surface area contributed by atoms with Gasteiger partial charge >= 0.3 is 0 Å². The summed E-state index contributed by atoms with van der Waals surface area (Å²) in [6.45, 7) is 2.17. The predicted octanol–water partition coefficient (Wildman–Crippen LogP) is 2.09. The van der Waals surface area contributed by atoms with Crippen LogP contribution in [0.2, 0.25) is 5.15 Å². The molecule has 0 aliphatic heterocycles. The number of aromatic nitrogens is 2. The Bertz CT molecular complexity index is 279. The summed E-state index contributed by atoms with van der Waals surface area (Å²) in [5.74, 6) is 0.805. The van der Waals surface area contributed by atoms with Crippen LogP contribution < -0.4 is 5.32 Å². The summed E-state index contributed by atoms with van der Waals surface area (Å²) in [5, 5.41) is 3.72. The topological polar surface area (TPSA) is 37.8 Å². The lowest BCUT2D eigenvalue weighted by molar-refractivity contribution is 0.819. The van der Waals surface area contributed by atoms with E-state index in [4.69, 9.17) is 11.6 Å².